The molecule has 96 valence electrons. The lowest BCUT2D eigenvalue weighted by atomic mass is 9.82. The van der Waals surface area contributed by atoms with Crippen molar-refractivity contribution in [3.63, 3.8) is 0 Å². The van der Waals surface area contributed by atoms with Gasteiger partial charge in [0.15, 0.2) is 0 Å². The van der Waals surface area contributed by atoms with E-state index >= 15 is 0 Å². The molecule has 1 fully saturated rings. The molecule has 0 aromatic carbocycles. The van der Waals surface area contributed by atoms with Crippen LogP contribution in [0.5, 0.6) is 0 Å². The van der Waals surface area contributed by atoms with Crippen molar-refractivity contribution in [3.05, 3.63) is 0 Å². The number of nitrogens with two attached hydrogens (primary N) is 1. The van der Waals surface area contributed by atoms with Gasteiger partial charge in [-0.1, -0.05) is 33.6 Å². The summed E-state index contributed by atoms with van der Waals surface area (Å²) in [7, 11) is 2.29. The molecule has 2 atom stereocenters. The van der Waals surface area contributed by atoms with Gasteiger partial charge in [0.2, 0.25) is 0 Å². The second-order valence-corrected chi connectivity index (χ2v) is 5.67. The van der Waals surface area contributed by atoms with Crippen LogP contribution in [0.3, 0.4) is 0 Å². The molecular weight excluding hydrogens is 196 g/mol. The highest BCUT2D eigenvalue weighted by Gasteiger charge is 2.35. The third-order valence-corrected chi connectivity index (χ3v) is 4.90. The van der Waals surface area contributed by atoms with Crippen LogP contribution in [0.1, 0.15) is 59.3 Å². The van der Waals surface area contributed by atoms with Crippen LogP contribution >= 0.6 is 0 Å². The SMILES string of the molecule is CCC(CC)(CN)N(C)C1CCCC(C)C1. The van der Waals surface area contributed by atoms with Gasteiger partial charge in [0.1, 0.15) is 0 Å². The Labute approximate surface area is 102 Å². The fraction of sp³-hybridized carbons (Fsp3) is 1.00. The summed E-state index contributed by atoms with van der Waals surface area (Å²) >= 11 is 0. The normalized spacial score (nSPS) is 27.4. The molecule has 0 aromatic heterocycles. The molecule has 0 saturated heterocycles. The predicted octanol–water partition coefficient (Wildman–Crippen LogP) is 3.01. The van der Waals surface area contributed by atoms with E-state index in [1.54, 1.807) is 0 Å². The summed E-state index contributed by atoms with van der Waals surface area (Å²) in [5, 5.41) is 0. The van der Waals surface area contributed by atoms with Gasteiger partial charge in [-0.3, -0.25) is 4.90 Å². The molecule has 2 N–H and O–H groups in total. The topological polar surface area (TPSA) is 29.3 Å². The Morgan fingerprint density at radius 3 is 2.31 bits per heavy atom. The molecule has 2 nitrogen and oxygen atoms in total. The lowest BCUT2D eigenvalue weighted by Gasteiger charge is -2.47. The molecule has 2 heteroatoms. The second-order valence-electron chi connectivity index (χ2n) is 5.67. The number of nitrogens with zero attached hydrogens (tertiary/aromatic N) is 1. The van der Waals surface area contributed by atoms with E-state index < -0.39 is 0 Å². The lowest BCUT2D eigenvalue weighted by molar-refractivity contribution is 0.0409. The molecule has 1 rings (SSSR count). The van der Waals surface area contributed by atoms with Gasteiger partial charge in [-0.15, -0.1) is 0 Å². The van der Waals surface area contributed by atoms with E-state index in [1.165, 1.54) is 38.5 Å². The van der Waals surface area contributed by atoms with Crippen LogP contribution in [-0.2, 0) is 0 Å². The fourth-order valence-corrected chi connectivity index (χ4v) is 3.32. The van der Waals surface area contributed by atoms with E-state index in [1.807, 2.05) is 0 Å². The first-order chi connectivity index (χ1) is 7.59. The van der Waals surface area contributed by atoms with Gasteiger partial charge < -0.3 is 5.73 Å². The molecule has 0 radical (unpaired) electrons. The average molecular weight is 226 g/mol. The van der Waals surface area contributed by atoms with Crippen LogP contribution < -0.4 is 5.73 Å². The zero-order valence-corrected chi connectivity index (χ0v) is 11.6. The van der Waals surface area contributed by atoms with E-state index in [9.17, 15) is 0 Å². The molecule has 0 aliphatic heterocycles. The van der Waals surface area contributed by atoms with Gasteiger partial charge in [-0.05, 0) is 38.6 Å². The molecular formula is C14H30N2. The Balaban J connectivity index is 2.69. The average Bonchev–Trinajstić information content (AvgIpc) is 2.32. The highest BCUT2D eigenvalue weighted by Crippen LogP contribution is 2.32. The van der Waals surface area contributed by atoms with Crippen molar-refractivity contribution in [3.8, 4) is 0 Å². The van der Waals surface area contributed by atoms with Crippen LogP contribution in [0, 0.1) is 5.92 Å². The largest absolute Gasteiger partial charge is 0.329 e. The highest BCUT2D eigenvalue weighted by atomic mass is 15.2. The molecule has 1 aliphatic carbocycles. The third kappa shape index (κ3) is 2.78. The molecule has 0 spiro atoms. The Morgan fingerprint density at radius 2 is 1.88 bits per heavy atom. The van der Waals surface area contributed by atoms with E-state index in [-0.39, 0.29) is 5.54 Å². The van der Waals surface area contributed by atoms with E-state index in [0.29, 0.717) is 0 Å². The number of hydrogen-bond donors (Lipinski definition) is 1. The zero-order valence-electron chi connectivity index (χ0n) is 11.6. The summed E-state index contributed by atoms with van der Waals surface area (Å²) in [6.45, 7) is 7.74. The van der Waals surface area contributed by atoms with Gasteiger partial charge in [-0.25, -0.2) is 0 Å². The summed E-state index contributed by atoms with van der Waals surface area (Å²) in [5.74, 6) is 0.894. The van der Waals surface area contributed by atoms with Crippen molar-refractivity contribution in [2.45, 2.75) is 70.9 Å². The first kappa shape index (κ1) is 14.0. The molecule has 0 bridgehead atoms. The van der Waals surface area contributed by atoms with Crippen LogP contribution in [-0.4, -0.2) is 30.1 Å². The van der Waals surface area contributed by atoms with Crippen LogP contribution in [0.2, 0.25) is 0 Å². The Morgan fingerprint density at radius 1 is 1.25 bits per heavy atom. The van der Waals surface area contributed by atoms with Crippen molar-refractivity contribution in [2.75, 3.05) is 13.6 Å². The van der Waals surface area contributed by atoms with Gasteiger partial charge in [0, 0.05) is 18.1 Å². The molecule has 16 heavy (non-hydrogen) atoms. The van der Waals surface area contributed by atoms with Crippen LogP contribution in [0.4, 0.5) is 0 Å². The number of likely N-dealkylation sites (N-methyl/N-ethyl adjacent to an activating group) is 1. The standard InChI is InChI=1S/C14H30N2/c1-5-14(6-2,11-15)16(4)13-9-7-8-12(3)10-13/h12-13H,5-11,15H2,1-4H3. The Hall–Kier alpha value is -0.0800. The van der Waals surface area contributed by atoms with E-state index in [0.717, 1.165) is 18.5 Å². The minimum absolute atomic E-state index is 0.238. The summed E-state index contributed by atoms with van der Waals surface area (Å²) in [5.41, 5.74) is 6.27. The minimum Gasteiger partial charge on any atom is -0.329 e. The van der Waals surface area contributed by atoms with Crippen molar-refractivity contribution in [2.24, 2.45) is 11.7 Å². The van der Waals surface area contributed by atoms with Gasteiger partial charge >= 0.3 is 0 Å². The van der Waals surface area contributed by atoms with Crippen molar-refractivity contribution < 1.29 is 0 Å². The molecule has 1 saturated carbocycles. The first-order valence-electron chi connectivity index (χ1n) is 7.02. The fourth-order valence-electron chi connectivity index (χ4n) is 3.32. The lowest BCUT2D eigenvalue weighted by Crippen LogP contribution is -2.56. The van der Waals surface area contributed by atoms with E-state index in [2.05, 4.69) is 32.7 Å². The van der Waals surface area contributed by atoms with Crippen molar-refractivity contribution in [1.29, 1.82) is 0 Å². The summed E-state index contributed by atoms with van der Waals surface area (Å²) in [6.07, 6.45) is 7.87. The summed E-state index contributed by atoms with van der Waals surface area (Å²) in [4.78, 5) is 2.60. The van der Waals surface area contributed by atoms with Gasteiger partial charge in [0.25, 0.3) is 0 Å². The zero-order chi connectivity index (χ0) is 12.2. The molecule has 0 heterocycles. The first-order valence-corrected chi connectivity index (χ1v) is 7.02. The molecule has 2 unspecified atom stereocenters. The highest BCUT2D eigenvalue weighted by molar-refractivity contribution is 4.92. The number of rotatable bonds is 5. The Bertz CT molecular complexity index is 191. The Kier molecular flexibility index (Phi) is 5.26. The van der Waals surface area contributed by atoms with E-state index in [4.69, 9.17) is 5.73 Å². The smallest absolute Gasteiger partial charge is 0.0326 e. The van der Waals surface area contributed by atoms with Crippen molar-refractivity contribution in [1.82, 2.24) is 4.90 Å². The molecule has 0 amide bonds. The molecule has 0 aromatic rings. The monoisotopic (exact) mass is 226 g/mol. The van der Waals surface area contributed by atoms with Crippen molar-refractivity contribution >= 4 is 0 Å². The van der Waals surface area contributed by atoms with Crippen LogP contribution in [0.15, 0.2) is 0 Å². The second kappa shape index (κ2) is 6.02. The predicted molar refractivity (Wildman–Crippen MR) is 71.6 cm³/mol. The van der Waals surface area contributed by atoms with Gasteiger partial charge in [0.05, 0.1) is 0 Å². The maximum atomic E-state index is 6.03. The maximum absolute atomic E-state index is 6.03. The molecule has 1 aliphatic rings. The summed E-state index contributed by atoms with van der Waals surface area (Å²) in [6, 6.07) is 0.757. The van der Waals surface area contributed by atoms with Gasteiger partial charge in [-0.2, -0.15) is 0 Å². The summed E-state index contributed by atoms with van der Waals surface area (Å²) < 4.78 is 0. The quantitative estimate of drug-likeness (QED) is 0.781. The van der Waals surface area contributed by atoms with Crippen LogP contribution in [0.25, 0.3) is 0 Å². The third-order valence-electron chi connectivity index (χ3n) is 4.90. The minimum atomic E-state index is 0.238. The maximum Gasteiger partial charge on any atom is 0.0326 e. The number of hydrogen-bond acceptors (Lipinski definition) is 2.